The number of allylic oxidation sites excluding steroid dienone is 2. The Balaban J connectivity index is 3.28. The van der Waals surface area contributed by atoms with E-state index in [4.69, 9.17) is 9.47 Å². The molecule has 0 aliphatic heterocycles. The summed E-state index contributed by atoms with van der Waals surface area (Å²) in [6.07, 6.45) is 45.0. The molecular formula is C42H80O4S. The molecule has 278 valence electrons. The second kappa shape index (κ2) is 41.2. The molecule has 0 unspecified atom stereocenters. The molecule has 0 rings (SSSR count). The Kier molecular flexibility index (Phi) is 40.4. The van der Waals surface area contributed by atoms with Gasteiger partial charge in [-0.3, -0.25) is 9.59 Å². The van der Waals surface area contributed by atoms with Crippen molar-refractivity contribution in [1.29, 1.82) is 0 Å². The molecule has 5 heteroatoms. The molecule has 0 fully saturated rings. The number of carbonyl (C=O) groups is 2. The minimum atomic E-state index is -0.115. The summed E-state index contributed by atoms with van der Waals surface area (Å²) < 4.78 is 10.8. The number of rotatable bonds is 39. The zero-order valence-electron chi connectivity index (χ0n) is 31.7. The van der Waals surface area contributed by atoms with Crippen LogP contribution >= 0.6 is 11.8 Å². The summed E-state index contributed by atoms with van der Waals surface area (Å²) >= 11 is 1.63. The number of hydrogen-bond donors (Lipinski definition) is 0. The number of thioether (sulfide) groups is 1. The van der Waals surface area contributed by atoms with Crippen molar-refractivity contribution in [2.24, 2.45) is 0 Å². The molecule has 0 spiro atoms. The molecule has 0 saturated carbocycles. The van der Waals surface area contributed by atoms with Crippen molar-refractivity contribution in [2.75, 3.05) is 24.7 Å². The summed E-state index contributed by atoms with van der Waals surface area (Å²) in [7, 11) is 0. The quantitative estimate of drug-likeness (QED) is 0.0367. The van der Waals surface area contributed by atoms with Crippen LogP contribution in [0.25, 0.3) is 0 Å². The van der Waals surface area contributed by atoms with Gasteiger partial charge in [0.1, 0.15) is 0 Å². The van der Waals surface area contributed by atoms with Crippen molar-refractivity contribution in [3.8, 4) is 0 Å². The van der Waals surface area contributed by atoms with E-state index in [9.17, 15) is 9.59 Å². The van der Waals surface area contributed by atoms with Gasteiger partial charge < -0.3 is 9.47 Å². The van der Waals surface area contributed by atoms with Crippen LogP contribution in [0.2, 0.25) is 0 Å². The van der Waals surface area contributed by atoms with Crippen LogP contribution in [0.15, 0.2) is 12.2 Å². The van der Waals surface area contributed by atoms with Gasteiger partial charge in [-0.15, -0.1) is 0 Å². The second-order valence-electron chi connectivity index (χ2n) is 13.8. The Labute approximate surface area is 298 Å². The fourth-order valence-electron chi connectivity index (χ4n) is 5.93. The second-order valence-corrected chi connectivity index (χ2v) is 15.0. The summed E-state index contributed by atoms with van der Waals surface area (Å²) in [6, 6.07) is 0. The molecule has 0 aliphatic rings. The van der Waals surface area contributed by atoms with Crippen LogP contribution in [-0.2, 0) is 19.1 Å². The van der Waals surface area contributed by atoms with Crippen molar-refractivity contribution < 1.29 is 19.1 Å². The van der Waals surface area contributed by atoms with Gasteiger partial charge >= 0.3 is 11.9 Å². The number of esters is 2. The first-order valence-corrected chi connectivity index (χ1v) is 21.9. The predicted octanol–water partition coefficient (Wildman–Crippen LogP) is 13.9. The highest BCUT2D eigenvalue weighted by Crippen LogP contribution is 2.14. The first kappa shape index (κ1) is 46.0. The van der Waals surface area contributed by atoms with Crippen molar-refractivity contribution in [2.45, 2.75) is 219 Å². The van der Waals surface area contributed by atoms with E-state index in [-0.39, 0.29) is 11.9 Å². The molecule has 0 aliphatic carbocycles. The molecule has 0 bridgehead atoms. The van der Waals surface area contributed by atoms with Gasteiger partial charge in [-0.05, 0) is 38.5 Å². The van der Waals surface area contributed by atoms with E-state index < -0.39 is 0 Å². The van der Waals surface area contributed by atoms with Crippen LogP contribution in [0.1, 0.15) is 219 Å². The van der Waals surface area contributed by atoms with Gasteiger partial charge in [-0.2, -0.15) is 11.8 Å². The Bertz CT molecular complexity index is 665. The van der Waals surface area contributed by atoms with Crippen molar-refractivity contribution in [3.05, 3.63) is 12.2 Å². The first-order valence-electron chi connectivity index (χ1n) is 20.7. The molecule has 0 radical (unpaired) electrons. The molecule has 0 N–H and O–H groups in total. The first-order chi connectivity index (χ1) is 23.2. The van der Waals surface area contributed by atoms with Crippen LogP contribution in [0.4, 0.5) is 0 Å². The van der Waals surface area contributed by atoms with Crippen molar-refractivity contribution >= 4 is 23.7 Å². The average molecular weight is 681 g/mol. The zero-order chi connectivity index (χ0) is 34.1. The lowest BCUT2D eigenvalue weighted by Crippen LogP contribution is -2.09. The SMILES string of the molecule is CCCCCCCC/C=C\CCCCCCCCOC(=O)CCSCCC(=O)OCCCCCCCCCCCCCCCCCC. The van der Waals surface area contributed by atoms with E-state index >= 15 is 0 Å². The largest absolute Gasteiger partial charge is 0.466 e. The van der Waals surface area contributed by atoms with Gasteiger partial charge in [-0.1, -0.05) is 180 Å². The summed E-state index contributed by atoms with van der Waals surface area (Å²) in [4.78, 5) is 23.9. The molecule has 0 amide bonds. The third-order valence-corrected chi connectivity index (χ3v) is 10.1. The Morgan fingerprint density at radius 1 is 0.404 bits per heavy atom. The zero-order valence-corrected chi connectivity index (χ0v) is 32.5. The van der Waals surface area contributed by atoms with Crippen LogP contribution in [0.5, 0.6) is 0 Å². The maximum absolute atomic E-state index is 12.0. The number of hydrogen-bond acceptors (Lipinski definition) is 5. The number of ether oxygens (including phenoxy) is 2. The highest BCUT2D eigenvalue weighted by atomic mass is 32.2. The summed E-state index contributed by atoms with van der Waals surface area (Å²) in [5, 5.41) is 0. The fraction of sp³-hybridized carbons (Fsp3) is 0.905. The van der Waals surface area contributed by atoms with E-state index in [2.05, 4.69) is 26.0 Å². The predicted molar refractivity (Wildman–Crippen MR) is 207 cm³/mol. The third-order valence-electron chi connectivity index (χ3n) is 9.08. The Morgan fingerprint density at radius 3 is 1.00 bits per heavy atom. The van der Waals surface area contributed by atoms with Crippen LogP contribution in [0.3, 0.4) is 0 Å². The maximum Gasteiger partial charge on any atom is 0.306 e. The van der Waals surface area contributed by atoms with E-state index in [0.29, 0.717) is 37.6 Å². The van der Waals surface area contributed by atoms with E-state index in [1.165, 1.54) is 167 Å². The van der Waals surface area contributed by atoms with Crippen molar-refractivity contribution in [3.63, 3.8) is 0 Å². The Hall–Kier alpha value is -0.970. The standard InChI is InChI=1S/C42H80O4S/c1-3-5-7-9-11-13-15-17-19-21-23-25-27-29-31-33-37-45-41(43)35-39-47-40-36-42(44)46-38-34-32-30-28-26-24-22-20-18-16-14-12-10-8-6-4-2/h17,19H,3-16,18,20-40H2,1-2H3/b19-17-. The molecule has 0 heterocycles. The van der Waals surface area contributed by atoms with Gasteiger partial charge in [-0.25, -0.2) is 0 Å². The van der Waals surface area contributed by atoms with Gasteiger partial charge in [0, 0.05) is 11.5 Å². The van der Waals surface area contributed by atoms with Crippen LogP contribution < -0.4 is 0 Å². The summed E-state index contributed by atoms with van der Waals surface area (Å²) in [6.45, 7) is 5.64. The van der Waals surface area contributed by atoms with E-state index in [1.54, 1.807) is 11.8 Å². The van der Waals surface area contributed by atoms with E-state index in [0.717, 1.165) is 25.7 Å². The fourth-order valence-corrected chi connectivity index (χ4v) is 6.76. The van der Waals surface area contributed by atoms with Crippen LogP contribution in [-0.4, -0.2) is 36.7 Å². The Morgan fingerprint density at radius 2 is 0.681 bits per heavy atom. The normalized spacial score (nSPS) is 11.4. The lowest BCUT2D eigenvalue weighted by Gasteiger charge is -2.06. The molecule has 0 aromatic heterocycles. The van der Waals surface area contributed by atoms with E-state index in [1.807, 2.05) is 0 Å². The topological polar surface area (TPSA) is 52.6 Å². The molecule has 0 aromatic rings. The molecule has 0 aromatic carbocycles. The summed E-state index contributed by atoms with van der Waals surface area (Å²) in [5.74, 6) is 1.19. The summed E-state index contributed by atoms with van der Waals surface area (Å²) in [5.41, 5.74) is 0. The maximum atomic E-state index is 12.0. The molecule has 47 heavy (non-hydrogen) atoms. The van der Waals surface area contributed by atoms with Gasteiger partial charge in [0.05, 0.1) is 26.1 Å². The monoisotopic (exact) mass is 681 g/mol. The van der Waals surface area contributed by atoms with Crippen molar-refractivity contribution in [1.82, 2.24) is 0 Å². The molecule has 4 nitrogen and oxygen atoms in total. The lowest BCUT2D eigenvalue weighted by molar-refractivity contribution is -0.144. The minimum absolute atomic E-state index is 0.110. The molecular weight excluding hydrogens is 601 g/mol. The lowest BCUT2D eigenvalue weighted by atomic mass is 10.0. The smallest absolute Gasteiger partial charge is 0.306 e. The third kappa shape index (κ3) is 41.1. The molecule has 0 atom stereocenters. The van der Waals surface area contributed by atoms with Crippen LogP contribution in [0, 0.1) is 0 Å². The number of carbonyl (C=O) groups excluding carboxylic acids is 2. The molecule has 0 saturated heterocycles. The van der Waals surface area contributed by atoms with Gasteiger partial charge in [0.25, 0.3) is 0 Å². The highest BCUT2D eigenvalue weighted by Gasteiger charge is 2.06. The highest BCUT2D eigenvalue weighted by molar-refractivity contribution is 7.99. The minimum Gasteiger partial charge on any atom is -0.466 e. The van der Waals surface area contributed by atoms with Gasteiger partial charge in [0.2, 0.25) is 0 Å². The van der Waals surface area contributed by atoms with Gasteiger partial charge in [0.15, 0.2) is 0 Å². The average Bonchev–Trinajstić information content (AvgIpc) is 3.07. The number of unbranched alkanes of at least 4 members (excludes halogenated alkanes) is 27.